The van der Waals surface area contributed by atoms with Crippen molar-refractivity contribution in [2.24, 2.45) is 0 Å². The van der Waals surface area contributed by atoms with Gasteiger partial charge in [-0.2, -0.15) is 23.4 Å². The fraction of sp³-hybridized carbons (Fsp3) is 0.316. The fourth-order valence-electron chi connectivity index (χ4n) is 2.87. The van der Waals surface area contributed by atoms with Crippen LogP contribution in [0.3, 0.4) is 0 Å². The summed E-state index contributed by atoms with van der Waals surface area (Å²) in [7, 11) is 1.52. The average molecular weight is 407 g/mol. The Balaban J connectivity index is 1.91. The van der Waals surface area contributed by atoms with Gasteiger partial charge in [0, 0.05) is 11.6 Å². The van der Waals surface area contributed by atoms with E-state index in [9.17, 15) is 18.0 Å². The Bertz CT molecular complexity index is 1030. The first-order valence-corrected chi connectivity index (χ1v) is 8.68. The van der Waals surface area contributed by atoms with E-state index >= 15 is 0 Å². The minimum Gasteiger partial charge on any atom is -0.496 e. The molecule has 3 rings (SSSR count). The molecular weight excluding hydrogens is 387 g/mol. The number of nitrogens with zero attached hydrogens (tertiary/aromatic N) is 3. The summed E-state index contributed by atoms with van der Waals surface area (Å²) in [6.45, 7) is 4.72. The number of benzene rings is 1. The normalized spacial score (nSPS) is 12.1. The first kappa shape index (κ1) is 20.4. The topological polar surface area (TPSA) is 84.8 Å². The fourth-order valence-corrected chi connectivity index (χ4v) is 2.87. The first-order valence-electron chi connectivity index (χ1n) is 8.68. The minimum absolute atomic E-state index is 0.0764. The van der Waals surface area contributed by atoms with Gasteiger partial charge in [-0.25, -0.2) is 0 Å². The Morgan fingerprint density at radius 2 is 1.90 bits per heavy atom. The van der Waals surface area contributed by atoms with Crippen molar-refractivity contribution in [3.05, 3.63) is 47.8 Å². The molecule has 29 heavy (non-hydrogen) atoms. The predicted octanol–water partition coefficient (Wildman–Crippen LogP) is 4.31. The molecule has 0 fully saturated rings. The average Bonchev–Trinajstić information content (AvgIpc) is 3.28. The molecule has 0 saturated heterocycles. The van der Waals surface area contributed by atoms with Gasteiger partial charge in [0.25, 0.3) is 5.91 Å². The molecule has 0 aliphatic heterocycles. The van der Waals surface area contributed by atoms with Crippen molar-refractivity contribution >= 4 is 11.7 Å². The van der Waals surface area contributed by atoms with E-state index in [2.05, 4.69) is 20.6 Å². The van der Waals surface area contributed by atoms with Crippen LogP contribution in [0.5, 0.6) is 5.75 Å². The van der Waals surface area contributed by atoms with Crippen LogP contribution in [-0.4, -0.2) is 33.0 Å². The van der Waals surface area contributed by atoms with Gasteiger partial charge in [-0.15, -0.1) is 0 Å². The lowest BCUT2D eigenvalue weighted by molar-refractivity contribution is -0.146. The number of aromatic nitrogens is 4. The van der Waals surface area contributed by atoms with Crippen LogP contribution in [-0.2, 0) is 11.7 Å². The molecule has 7 nitrogen and oxygen atoms in total. The number of carbonyl (C=O) groups is 1. The van der Waals surface area contributed by atoms with Gasteiger partial charge < -0.3 is 10.1 Å². The quantitative estimate of drug-likeness (QED) is 0.675. The van der Waals surface area contributed by atoms with E-state index in [-0.39, 0.29) is 5.82 Å². The number of ether oxygens (including phenoxy) is 1. The van der Waals surface area contributed by atoms with Crippen molar-refractivity contribution in [1.82, 2.24) is 20.0 Å². The lowest BCUT2D eigenvalue weighted by Crippen LogP contribution is -2.30. The third-order valence-electron chi connectivity index (χ3n) is 4.13. The molecule has 2 aromatic heterocycles. The van der Waals surface area contributed by atoms with Gasteiger partial charge >= 0.3 is 6.18 Å². The maximum atomic E-state index is 13.6. The molecule has 0 aliphatic carbocycles. The smallest absolute Gasteiger partial charge is 0.433 e. The van der Waals surface area contributed by atoms with Crippen LogP contribution >= 0.6 is 0 Å². The van der Waals surface area contributed by atoms with E-state index in [0.717, 1.165) is 10.9 Å². The van der Waals surface area contributed by atoms with Crippen molar-refractivity contribution < 1.29 is 22.7 Å². The van der Waals surface area contributed by atoms with E-state index in [1.807, 2.05) is 0 Å². The highest BCUT2D eigenvalue weighted by Crippen LogP contribution is 2.35. The van der Waals surface area contributed by atoms with E-state index in [1.165, 1.54) is 13.2 Å². The number of H-pyrrole nitrogens is 1. The monoisotopic (exact) mass is 407 g/mol. The molecule has 0 saturated carbocycles. The van der Waals surface area contributed by atoms with Gasteiger partial charge in [0.15, 0.2) is 11.5 Å². The Labute approximate surface area is 164 Å². The number of rotatable bonds is 4. The minimum atomic E-state index is -4.75. The summed E-state index contributed by atoms with van der Waals surface area (Å²) in [5, 5.41) is 12.9. The second-order valence-corrected chi connectivity index (χ2v) is 7.31. The molecule has 0 unspecified atom stereocenters. The lowest BCUT2D eigenvalue weighted by Gasteiger charge is -2.23. The number of carbonyl (C=O) groups excluding carboxylic acids is 1. The first-order chi connectivity index (χ1) is 13.5. The van der Waals surface area contributed by atoms with E-state index < -0.39 is 28.9 Å². The summed E-state index contributed by atoms with van der Waals surface area (Å²) < 4.78 is 46.9. The van der Waals surface area contributed by atoms with Crippen molar-refractivity contribution in [1.29, 1.82) is 0 Å². The third-order valence-corrected chi connectivity index (χ3v) is 4.13. The van der Waals surface area contributed by atoms with Gasteiger partial charge in [0.05, 0.1) is 30.1 Å². The summed E-state index contributed by atoms with van der Waals surface area (Å²) in [6.07, 6.45) is -3.83. The van der Waals surface area contributed by atoms with Crippen molar-refractivity contribution in [3.63, 3.8) is 0 Å². The molecule has 2 heterocycles. The molecule has 154 valence electrons. The van der Waals surface area contributed by atoms with Gasteiger partial charge in [-0.1, -0.05) is 12.1 Å². The molecule has 0 aliphatic rings. The van der Waals surface area contributed by atoms with E-state index in [4.69, 9.17) is 4.74 Å². The predicted molar refractivity (Wildman–Crippen MR) is 101 cm³/mol. The maximum Gasteiger partial charge on any atom is 0.433 e. The van der Waals surface area contributed by atoms with E-state index in [1.54, 1.807) is 45.0 Å². The summed E-state index contributed by atoms with van der Waals surface area (Å²) in [6, 6.07) is 8.65. The van der Waals surface area contributed by atoms with Crippen LogP contribution in [0.2, 0.25) is 0 Å². The Morgan fingerprint density at radius 1 is 1.21 bits per heavy atom. The highest BCUT2D eigenvalue weighted by molar-refractivity contribution is 6.04. The van der Waals surface area contributed by atoms with Crippen LogP contribution in [0.1, 0.15) is 36.8 Å². The Morgan fingerprint density at radius 3 is 2.52 bits per heavy atom. The van der Waals surface area contributed by atoms with Crippen LogP contribution in [0.25, 0.3) is 11.3 Å². The molecule has 0 atom stereocenters. The van der Waals surface area contributed by atoms with Crippen LogP contribution in [0, 0.1) is 0 Å². The second kappa shape index (κ2) is 7.26. The number of alkyl halides is 3. The van der Waals surface area contributed by atoms with Crippen molar-refractivity contribution in [2.75, 3.05) is 12.4 Å². The summed E-state index contributed by atoms with van der Waals surface area (Å²) in [4.78, 5) is 12.5. The van der Waals surface area contributed by atoms with Gasteiger partial charge in [0.1, 0.15) is 5.75 Å². The number of hydrogen-bond donors (Lipinski definition) is 2. The number of amides is 1. The standard InChI is InChI=1S/C19H20F3N5O2/c1-18(2,3)27-16(19(20,21)22)12(10-23-27)17(28)24-15-9-13(25-26-15)11-7-5-6-8-14(11)29-4/h5-10H,1-4H3,(H2,24,25,26,28). The molecule has 3 aromatic rings. The Kier molecular flexibility index (Phi) is 5.12. The molecule has 0 radical (unpaired) electrons. The number of halogens is 3. The van der Waals surface area contributed by atoms with Gasteiger partial charge in [-0.3, -0.25) is 14.6 Å². The van der Waals surface area contributed by atoms with Crippen LogP contribution < -0.4 is 10.1 Å². The van der Waals surface area contributed by atoms with Crippen LogP contribution in [0.15, 0.2) is 36.5 Å². The maximum absolute atomic E-state index is 13.6. The number of hydrogen-bond acceptors (Lipinski definition) is 4. The zero-order valence-electron chi connectivity index (χ0n) is 16.3. The number of para-hydroxylation sites is 1. The zero-order valence-corrected chi connectivity index (χ0v) is 16.3. The molecule has 1 aromatic carbocycles. The van der Waals surface area contributed by atoms with Crippen molar-refractivity contribution in [2.45, 2.75) is 32.5 Å². The number of nitrogens with one attached hydrogen (secondary N) is 2. The number of anilines is 1. The van der Waals surface area contributed by atoms with Crippen LogP contribution in [0.4, 0.5) is 19.0 Å². The molecule has 10 heteroatoms. The highest BCUT2D eigenvalue weighted by Gasteiger charge is 2.42. The highest BCUT2D eigenvalue weighted by atomic mass is 19.4. The summed E-state index contributed by atoms with van der Waals surface area (Å²) >= 11 is 0. The van der Waals surface area contributed by atoms with Crippen molar-refractivity contribution in [3.8, 4) is 17.0 Å². The second-order valence-electron chi connectivity index (χ2n) is 7.31. The molecular formula is C19H20F3N5O2. The van der Waals surface area contributed by atoms with Gasteiger partial charge in [-0.05, 0) is 32.9 Å². The Hall–Kier alpha value is -3.30. The molecule has 0 spiro atoms. The zero-order chi connectivity index (χ0) is 21.4. The third kappa shape index (κ3) is 4.10. The number of aromatic amines is 1. The SMILES string of the molecule is COc1ccccc1-c1cc(NC(=O)c2cnn(C(C)(C)C)c2C(F)(F)F)n[nH]1. The van der Waals surface area contributed by atoms with Gasteiger partial charge in [0.2, 0.25) is 0 Å². The summed E-state index contributed by atoms with van der Waals surface area (Å²) in [5.74, 6) is -0.293. The van der Waals surface area contributed by atoms with E-state index in [0.29, 0.717) is 17.0 Å². The number of methoxy groups -OCH3 is 1. The molecule has 2 N–H and O–H groups in total. The largest absolute Gasteiger partial charge is 0.496 e. The lowest BCUT2D eigenvalue weighted by atomic mass is 10.1. The molecule has 1 amide bonds. The summed E-state index contributed by atoms with van der Waals surface area (Å²) in [5.41, 5.74) is -1.40. The molecule has 0 bridgehead atoms.